The third kappa shape index (κ3) is 3.15. The molecule has 2 aromatic carbocycles. The van der Waals surface area contributed by atoms with Crippen LogP contribution in [0.25, 0.3) is 0 Å². The first-order valence-corrected chi connectivity index (χ1v) is 7.50. The molecule has 1 heterocycles. The number of carbonyl (C=O) groups is 1. The monoisotopic (exact) mass is 328 g/mol. The van der Waals surface area contributed by atoms with Crippen molar-refractivity contribution >= 4 is 17.3 Å². The Kier molecular flexibility index (Phi) is 4.33. The van der Waals surface area contributed by atoms with E-state index in [0.717, 1.165) is 0 Å². The molecule has 7 heteroatoms. The van der Waals surface area contributed by atoms with Gasteiger partial charge in [0, 0.05) is 12.1 Å². The smallest absolute Gasteiger partial charge is 0.271 e. The van der Waals surface area contributed by atoms with Crippen LogP contribution < -0.4 is 14.4 Å². The van der Waals surface area contributed by atoms with Crippen molar-refractivity contribution in [3.8, 4) is 11.5 Å². The summed E-state index contributed by atoms with van der Waals surface area (Å²) >= 11 is 0. The number of nitrogens with zero attached hydrogens (tertiary/aromatic N) is 2. The van der Waals surface area contributed by atoms with E-state index < -0.39 is 11.0 Å². The highest BCUT2D eigenvalue weighted by molar-refractivity contribution is 6.00. The molecule has 3 rings (SSSR count). The lowest BCUT2D eigenvalue weighted by atomic mass is 10.1. The normalized spacial score (nSPS) is 16.3. The molecular formula is C17H16N2O5. The van der Waals surface area contributed by atoms with Gasteiger partial charge in [0.2, 0.25) is 0 Å². The number of fused-ring (bicyclic) bond motifs is 1. The summed E-state index contributed by atoms with van der Waals surface area (Å²) in [5, 5.41) is 11.0. The minimum absolute atomic E-state index is 0.0892. The Labute approximate surface area is 138 Å². The number of carbonyl (C=O) groups excluding carboxylic acids is 1. The average Bonchev–Trinajstić information content (AvgIpc) is 2.58. The summed E-state index contributed by atoms with van der Waals surface area (Å²) in [5.74, 6) is 0.901. The molecule has 7 nitrogen and oxygen atoms in total. The highest BCUT2D eigenvalue weighted by atomic mass is 16.6. The summed E-state index contributed by atoms with van der Waals surface area (Å²) in [7, 11) is 0. The van der Waals surface area contributed by atoms with Crippen LogP contribution in [0.3, 0.4) is 0 Å². The number of amides is 1. The van der Waals surface area contributed by atoms with Gasteiger partial charge in [-0.3, -0.25) is 14.9 Å². The fourth-order valence-electron chi connectivity index (χ4n) is 2.51. The maximum atomic E-state index is 12.4. The second-order valence-corrected chi connectivity index (χ2v) is 5.32. The first-order valence-electron chi connectivity index (χ1n) is 7.50. The topological polar surface area (TPSA) is 81.9 Å². The van der Waals surface area contributed by atoms with Crippen LogP contribution in [0.5, 0.6) is 11.5 Å². The number of anilines is 1. The minimum Gasteiger partial charge on any atom is -0.492 e. The molecule has 0 N–H and O–H groups in total. The number of nitro groups is 1. The first-order chi connectivity index (χ1) is 11.6. The van der Waals surface area contributed by atoms with Gasteiger partial charge in [0.15, 0.2) is 6.10 Å². The predicted octanol–water partition coefficient (Wildman–Crippen LogP) is 2.79. The van der Waals surface area contributed by atoms with Crippen molar-refractivity contribution in [2.24, 2.45) is 0 Å². The Bertz CT molecular complexity index is 763. The van der Waals surface area contributed by atoms with E-state index in [0.29, 0.717) is 17.2 Å². The number of nitro benzene ring substituents is 1. The lowest BCUT2D eigenvalue weighted by Crippen LogP contribution is -2.46. The van der Waals surface area contributed by atoms with Crippen molar-refractivity contribution < 1.29 is 19.2 Å². The summed E-state index contributed by atoms with van der Waals surface area (Å²) in [4.78, 5) is 24.3. The lowest BCUT2D eigenvalue weighted by Gasteiger charge is -2.32. The van der Waals surface area contributed by atoms with Crippen LogP contribution in [-0.2, 0) is 4.79 Å². The molecule has 0 aromatic heterocycles. The molecule has 0 spiro atoms. The number of non-ortho nitro benzene ring substituents is 1. The van der Waals surface area contributed by atoms with Gasteiger partial charge >= 0.3 is 0 Å². The molecule has 0 fully saturated rings. The molecule has 0 bridgehead atoms. The number of ether oxygens (including phenoxy) is 2. The number of rotatable bonds is 5. The van der Waals surface area contributed by atoms with Crippen molar-refractivity contribution in [3.05, 3.63) is 58.6 Å². The van der Waals surface area contributed by atoms with Crippen molar-refractivity contribution in [3.63, 3.8) is 0 Å². The quantitative estimate of drug-likeness (QED) is 0.622. The fraction of sp³-hybridized carbons (Fsp3) is 0.235. The van der Waals surface area contributed by atoms with Gasteiger partial charge in [0.25, 0.3) is 11.6 Å². The van der Waals surface area contributed by atoms with Crippen molar-refractivity contribution in [2.75, 3.05) is 18.1 Å². The van der Waals surface area contributed by atoms with Crippen molar-refractivity contribution in [1.82, 2.24) is 0 Å². The summed E-state index contributed by atoms with van der Waals surface area (Å²) in [6.07, 6.45) is -0.643. The largest absolute Gasteiger partial charge is 0.492 e. The van der Waals surface area contributed by atoms with Gasteiger partial charge < -0.3 is 14.4 Å². The Morgan fingerprint density at radius 2 is 2.00 bits per heavy atom. The maximum absolute atomic E-state index is 12.4. The SMILES string of the molecule is C[C@@H]1Oc2ccc([N+](=O)[O-])cc2N(CCOc2ccccc2)C1=O. The standard InChI is InChI=1S/C17H16N2O5/c1-12-17(20)18(9-10-23-14-5-3-2-4-6-14)15-11-13(19(21)22)7-8-16(15)24-12/h2-8,11-12H,9-10H2,1H3/t12-/m0/s1. The van der Waals surface area contributed by atoms with Crippen LogP contribution in [0.2, 0.25) is 0 Å². The highest BCUT2D eigenvalue weighted by Crippen LogP contribution is 2.36. The number of benzene rings is 2. The molecular weight excluding hydrogens is 312 g/mol. The van der Waals surface area contributed by atoms with Gasteiger partial charge in [0.05, 0.1) is 17.2 Å². The Morgan fingerprint density at radius 1 is 1.25 bits per heavy atom. The molecule has 1 aliphatic rings. The van der Waals surface area contributed by atoms with Gasteiger partial charge in [0.1, 0.15) is 18.1 Å². The summed E-state index contributed by atoms with van der Waals surface area (Å²) in [6, 6.07) is 13.5. The average molecular weight is 328 g/mol. The first kappa shape index (κ1) is 15.8. The summed E-state index contributed by atoms with van der Waals surface area (Å²) < 4.78 is 11.1. The molecule has 1 atom stereocenters. The molecule has 0 unspecified atom stereocenters. The van der Waals surface area contributed by atoms with E-state index in [-0.39, 0.29) is 24.7 Å². The second kappa shape index (κ2) is 6.57. The highest BCUT2D eigenvalue weighted by Gasteiger charge is 2.32. The molecule has 124 valence electrons. The Morgan fingerprint density at radius 3 is 2.71 bits per heavy atom. The molecule has 1 amide bonds. The molecule has 0 radical (unpaired) electrons. The Hall–Kier alpha value is -3.09. The van der Waals surface area contributed by atoms with E-state index in [1.54, 1.807) is 6.92 Å². The zero-order chi connectivity index (χ0) is 17.1. The van der Waals surface area contributed by atoms with E-state index in [1.165, 1.54) is 23.1 Å². The van der Waals surface area contributed by atoms with Crippen LogP contribution in [0.4, 0.5) is 11.4 Å². The zero-order valence-electron chi connectivity index (χ0n) is 13.0. The van der Waals surface area contributed by atoms with Gasteiger partial charge in [-0.25, -0.2) is 0 Å². The molecule has 0 saturated carbocycles. The maximum Gasteiger partial charge on any atom is 0.271 e. The van der Waals surface area contributed by atoms with Crippen LogP contribution in [-0.4, -0.2) is 30.1 Å². The van der Waals surface area contributed by atoms with E-state index >= 15 is 0 Å². The lowest BCUT2D eigenvalue weighted by molar-refractivity contribution is -0.384. The molecule has 2 aromatic rings. The van der Waals surface area contributed by atoms with Crippen molar-refractivity contribution in [2.45, 2.75) is 13.0 Å². The molecule has 1 aliphatic heterocycles. The predicted molar refractivity (Wildman–Crippen MR) is 87.5 cm³/mol. The number of hydrogen-bond acceptors (Lipinski definition) is 5. The van der Waals surface area contributed by atoms with Crippen LogP contribution >= 0.6 is 0 Å². The molecule has 0 aliphatic carbocycles. The summed E-state index contributed by atoms with van der Waals surface area (Å²) in [6.45, 7) is 2.19. The third-order valence-electron chi connectivity index (χ3n) is 3.69. The van der Waals surface area contributed by atoms with Crippen LogP contribution in [0.1, 0.15) is 6.92 Å². The van der Waals surface area contributed by atoms with Crippen LogP contribution in [0.15, 0.2) is 48.5 Å². The van der Waals surface area contributed by atoms with E-state index in [4.69, 9.17) is 9.47 Å². The molecule has 24 heavy (non-hydrogen) atoms. The fourth-order valence-corrected chi connectivity index (χ4v) is 2.51. The number of para-hydroxylation sites is 1. The van der Waals surface area contributed by atoms with E-state index in [1.807, 2.05) is 30.3 Å². The van der Waals surface area contributed by atoms with E-state index in [9.17, 15) is 14.9 Å². The number of hydrogen-bond donors (Lipinski definition) is 0. The second-order valence-electron chi connectivity index (χ2n) is 5.32. The van der Waals surface area contributed by atoms with E-state index in [2.05, 4.69) is 0 Å². The van der Waals surface area contributed by atoms with Gasteiger partial charge in [-0.2, -0.15) is 0 Å². The minimum atomic E-state index is -0.643. The molecule has 0 saturated heterocycles. The summed E-state index contributed by atoms with van der Waals surface area (Å²) in [5.41, 5.74) is 0.303. The van der Waals surface area contributed by atoms with Gasteiger partial charge in [-0.05, 0) is 25.1 Å². The zero-order valence-corrected chi connectivity index (χ0v) is 13.0. The van der Waals surface area contributed by atoms with Crippen molar-refractivity contribution in [1.29, 1.82) is 0 Å². The van der Waals surface area contributed by atoms with Crippen LogP contribution in [0, 0.1) is 10.1 Å². The van der Waals surface area contributed by atoms with Gasteiger partial charge in [-0.1, -0.05) is 18.2 Å². The Balaban J connectivity index is 1.79. The van der Waals surface area contributed by atoms with Gasteiger partial charge in [-0.15, -0.1) is 0 Å². The third-order valence-corrected chi connectivity index (χ3v) is 3.69.